The van der Waals surface area contributed by atoms with Gasteiger partial charge in [-0.1, -0.05) is 38.1 Å². The Labute approximate surface area is 255 Å². The normalized spacial score (nSPS) is 20.8. The van der Waals surface area contributed by atoms with Crippen LogP contribution < -0.4 is 9.64 Å². The molecule has 3 aromatic rings. The largest absolute Gasteiger partial charge is 0.490 e. The number of rotatable bonds is 8. The summed E-state index contributed by atoms with van der Waals surface area (Å²) in [7, 11) is 0. The molecule has 0 amide bonds. The molecule has 2 heterocycles. The van der Waals surface area contributed by atoms with E-state index in [2.05, 4.69) is 18.7 Å². The van der Waals surface area contributed by atoms with E-state index < -0.39 is 17.7 Å². The number of carbonyl (C=O) groups is 1. The quantitative estimate of drug-likeness (QED) is 0.285. The minimum absolute atomic E-state index is 0.119. The molecule has 1 aliphatic heterocycles. The second kappa shape index (κ2) is 11.9. The van der Waals surface area contributed by atoms with Gasteiger partial charge in [0.1, 0.15) is 11.6 Å². The molecule has 2 aliphatic rings. The van der Waals surface area contributed by atoms with E-state index in [0.29, 0.717) is 17.2 Å². The minimum Gasteiger partial charge on any atom is -0.490 e. The summed E-state index contributed by atoms with van der Waals surface area (Å²) in [5, 5.41) is 10.4. The van der Waals surface area contributed by atoms with Gasteiger partial charge in [0, 0.05) is 35.6 Å². The predicted molar refractivity (Wildman–Crippen MR) is 168 cm³/mol. The summed E-state index contributed by atoms with van der Waals surface area (Å²) in [6.07, 6.45) is 2.80. The Bertz CT molecular complexity index is 1440. The van der Waals surface area contributed by atoms with Gasteiger partial charge >= 0.3 is 5.97 Å². The van der Waals surface area contributed by atoms with Gasteiger partial charge in [0.2, 0.25) is 0 Å². The van der Waals surface area contributed by atoms with Crippen LogP contribution in [-0.2, 0) is 9.53 Å². The van der Waals surface area contributed by atoms with Crippen LogP contribution in [0.25, 0.3) is 11.1 Å². The number of aliphatic carboxylic acids is 1. The van der Waals surface area contributed by atoms with Gasteiger partial charge in [0.05, 0.1) is 17.4 Å². The van der Waals surface area contributed by atoms with E-state index in [1.54, 1.807) is 0 Å². The van der Waals surface area contributed by atoms with Crippen molar-refractivity contribution in [1.29, 1.82) is 0 Å². The Morgan fingerprint density at radius 3 is 2.16 bits per heavy atom. The first-order chi connectivity index (χ1) is 20.2. The highest BCUT2D eigenvalue weighted by molar-refractivity contribution is 5.88. The zero-order valence-corrected chi connectivity index (χ0v) is 26.5. The molecule has 0 radical (unpaired) electrons. The first-order valence-corrected chi connectivity index (χ1v) is 15.4. The first kappa shape index (κ1) is 31.0. The van der Waals surface area contributed by atoms with Crippen molar-refractivity contribution in [2.24, 2.45) is 5.41 Å². The highest BCUT2D eigenvalue weighted by Gasteiger charge is 2.37. The molecular weight excluding hydrogens is 543 g/mol. The van der Waals surface area contributed by atoms with E-state index in [1.807, 2.05) is 71.0 Å². The lowest BCUT2D eigenvalue weighted by atomic mass is 9.77. The predicted octanol–water partition coefficient (Wildman–Crippen LogP) is 8.40. The van der Waals surface area contributed by atoms with E-state index in [0.717, 1.165) is 72.6 Å². The van der Waals surface area contributed by atoms with Crippen molar-refractivity contribution in [2.75, 3.05) is 18.0 Å². The number of carboxylic acids is 1. The number of anilines is 1. The lowest BCUT2D eigenvalue weighted by molar-refractivity contribution is -0.160. The molecule has 1 saturated heterocycles. The van der Waals surface area contributed by atoms with Crippen molar-refractivity contribution < 1.29 is 23.8 Å². The van der Waals surface area contributed by atoms with Crippen LogP contribution in [0.3, 0.4) is 0 Å². The lowest BCUT2D eigenvalue weighted by Crippen LogP contribution is -2.39. The van der Waals surface area contributed by atoms with Crippen LogP contribution in [0.5, 0.6) is 5.75 Å². The number of carboxylic acid groups (broad SMARTS) is 1. The van der Waals surface area contributed by atoms with Crippen molar-refractivity contribution in [3.05, 3.63) is 76.9 Å². The third kappa shape index (κ3) is 7.04. The fraction of sp³-hybridized carbons (Fsp3) is 0.500. The molecule has 2 aromatic carbocycles. The van der Waals surface area contributed by atoms with Gasteiger partial charge < -0.3 is 19.5 Å². The Morgan fingerprint density at radius 2 is 1.60 bits per heavy atom. The summed E-state index contributed by atoms with van der Waals surface area (Å²) in [6, 6.07) is 14.8. The molecule has 1 aliphatic carbocycles. The van der Waals surface area contributed by atoms with E-state index in [1.165, 1.54) is 12.1 Å². The standard InChI is InChI=1S/C36H45FN2O4/c1-22-30(25-10-14-28(15-11-25)42-29-20-26(21-29)24-8-12-27(37)13-9-24)32(39-18-16-36(6,7)17-19-39)31(23(2)38-22)33(34(40)41)43-35(3,4)5/h8-15,26,29,33H,16-21H2,1-7H3,(H,40,41)/t26?,29?,33-/m0/s1. The van der Waals surface area contributed by atoms with Gasteiger partial charge in [-0.05, 0) is 107 Å². The summed E-state index contributed by atoms with van der Waals surface area (Å²) >= 11 is 0. The van der Waals surface area contributed by atoms with E-state index in [-0.39, 0.29) is 17.3 Å². The average Bonchev–Trinajstić information content (AvgIpc) is 2.90. The molecule has 5 rings (SSSR count). The summed E-state index contributed by atoms with van der Waals surface area (Å²) in [5.41, 5.74) is 5.71. The van der Waals surface area contributed by atoms with Crippen LogP contribution >= 0.6 is 0 Å². The molecule has 1 aromatic heterocycles. The zero-order valence-electron chi connectivity index (χ0n) is 26.5. The third-order valence-electron chi connectivity index (χ3n) is 8.85. The van der Waals surface area contributed by atoms with Crippen LogP contribution in [0.2, 0.25) is 0 Å². The molecule has 1 saturated carbocycles. The van der Waals surface area contributed by atoms with Crippen LogP contribution in [0.15, 0.2) is 48.5 Å². The number of pyridine rings is 1. The highest BCUT2D eigenvalue weighted by Crippen LogP contribution is 2.45. The summed E-state index contributed by atoms with van der Waals surface area (Å²) in [5.74, 6) is -0.0462. The molecular formula is C36H45FN2O4. The maximum absolute atomic E-state index is 13.3. The average molecular weight is 589 g/mol. The molecule has 1 atom stereocenters. The molecule has 1 N–H and O–H groups in total. The number of halogens is 1. The van der Waals surface area contributed by atoms with E-state index in [4.69, 9.17) is 14.5 Å². The fourth-order valence-corrected chi connectivity index (χ4v) is 6.32. The second-order valence-corrected chi connectivity index (χ2v) is 14.0. The fourth-order valence-electron chi connectivity index (χ4n) is 6.32. The maximum Gasteiger partial charge on any atom is 0.337 e. The van der Waals surface area contributed by atoms with Crippen LogP contribution in [0, 0.1) is 25.1 Å². The Hall–Kier alpha value is -3.45. The SMILES string of the molecule is Cc1nc(C)c([C@H](OC(C)(C)C)C(=O)O)c(N2CCC(C)(C)CC2)c1-c1ccc(OC2CC(c3ccc(F)cc3)C2)cc1. The summed E-state index contributed by atoms with van der Waals surface area (Å²) < 4.78 is 25.8. The number of ether oxygens (including phenoxy) is 2. The third-order valence-corrected chi connectivity index (χ3v) is 8.85. The van der Waals surface area contributed by atoms with Gasteiger partial charge in [-0.15, -0.1) is 0 Å². The van der Waals surface area contributed by atoms with Crippen molar-refractivity contribution >= 4 is 11.7 Å². The highest BCUT2D eigenvalue weighted by atomic mass is 19.1. The molecule has 0 spiro atoms. The number of aromatic nitrogens is 1. The molecule has 0 unspecified atom stereocenters. The van der Waals surface area contributed by atoms with Crippen LogP contribution in [0.4, 0.5) is 10.1 Å². The van der Waals surface area contributed by atoms with Crippen LogP contribution in [-0.4, -0.2) is 40.9 Å². The van der Waals surface area contributed by atoms with Crippen molar-refractivity contribution in [3.63, 3.8) is 0 Å². The van der Waals surface area contributed by atoms with Crippen LogP contribution in [0.1, 0.15) is 94.8 Å². The number of benzene rings is 2. The summed E-state index contributed by atoms with van der Waals surface area (Å²) in [4.78, 5) is 19.9. The Kier molecular flexibility index (Phi) is 8.59. The second-order valence-electron chi connectivity index (χ2n) is 14.0. The minimum atomic E-state index is -1.15. The maximum atomic E-state index is 13.3. The Balaban J connectivity index is 1.46. The van der Waals surface area contributed by atoms with Crippen molar-refractivity contribution in [1.82, 2.24) is 4.98 Å². The number of hydrogen-bond donors (Lipinski definition) is 1. The van der Waals surface area contributed by atoms with Gasteiger partial charge in [-0.25, -0.2) is 9.18 Å². The number of aryl methyl sites for hydroxylation is 2. The molecule has 2 fully saturated rings. The molecule has 230 valence electrons. The summed E-state index contributed by atoms with van der Waals surface area (Å²) in [6.45, 7) is 15.8. The topological polar surface area (TPSA) is 71.9 Å². The van der Waals surface area contributed by atoms with Crippen molar-refractivity contribution in [2.45, 2.75) is 97.9 Å². The van der Waals surface area contributed by atoms with Gasteiger partial charge in [0.15, 0.2) is 6.10 Å². The first-order valence-electron chi connectivity index (χ1n) is 15.4. The lowest BCUT2D eigenvalue weighted by Gasteiger charge is -2.41. The van der Waals surface area contributed by atoms with E-state index in [9.17, 15) is 14.3 Å². The number of hydrogen-bond acceptors (Lipinski definition) is 5. The smallest absolute Gasteiger partial charge is 0.337 e. The molecule has 6 nitrogen and oxygen atoms in total. The monoisotopic (exact) mass is 588 g/mol. The van der Waals surface area contributed by atoms with E-state index >= 15 is 0 Å². The molecule has 0 bridgehead atoms. The van der Waals surface area contributed by atoms with Crippen molar-refractivity contribution in [3.8, 4) is 16.9 Å². The number of nitrogens with zero attached hydrogens (tertiary/aromatic N) is 2. The zero-order chi connectivity index (χ0) is 31.1. The van der Waals surface area contributed by atoms with Gasteiger partial charge in [0.25, 0.3) is 0 Å². The molecule has 43 heavy (non-hydrogen) atoms. The van der Waals surface area contributed by atoms with Gasteiger partial charge in [-0.3, -0.25) is 4.98 Å². The Morgan fingerprint density at radius 1 is 1.00 bits per heavy atom. The number of piperidine rings is 1. The molecule has 7 heteroatoms. The van der Waals surface area contributed by atoms with Gasteiger partial charge in [-0.2, -0.15) is 0 Å².